The van der Waals surface area contributed by atoms with Crippen LogP contribution < -0.4 is 5.73 Å². The lowest BCUT2D eigenvalue weighted by atomic mass is 9.98. The van der Waals surface area contributed by atoms with E-state index in [-0.39, 0.29) is 6.61 Å². The molecule has 0 radical (unpaired) electrons. The van der Waals surface area contributed by atoms with Crippen LogP contribution in [0.4, 0.5) is 0 Å². The van der Waals surface area contributed by atoms with Crippen LogP contribution in [0, 0.1) is 0 Å². The Labute approximate surface area is 183 Å². The maximum atomic E-state index is 9.91. The van der Waals surface area contributed by atoms with E-state index in [0.717, 1.165) is 12.8 Å². The second kappa shape index (κ2) is 18.1. The number of unbranched alkanes of at least 4 members (excludes halogenated alkanes) is 12. The number of hydrogen-bond acceptors (Lipinski definition) is 6. The third-order valence-corrected chi connectivity index (χ3v) is 5.87. The highest BCUT2D eigenvalue weighted by molar-refractivity contribution is 4.91. The van der Waals surface area contributed by atoms with Crippen molar-refractivity contribution < 1.29 is 24.8 Å². The molecule has 0 aromatic rings. The highest BCUT2D eigenvalue weighted by atomic mass is 16.7. The Morgan fingerprint density at radius 2 is 1.33 bits per heavy atom. The molecule has 5 N–H and O–H groups in total. The third-order valence-electron chi connectivity index (χ3n) is 5.87. The summed E-state index contributed by atoms with van der Waals surface area (Å²) in [6.07, 6.45) is 18.3. The highest BCUT2D eigenvalue weighted by Gasteiger charge is 2.42. The zero-order valence-corrected chi connectivity index (χ0v) is 19.1. The minimum Gasteiger partial charge on any atom is -0.394 e. The molecule has 1 rings (SSSR count). The molecule has 0 saturated carbocycles. The molecule has 0 bridgehead atoms. The first-order chi connectivity index (χ1) is 14.6. The third kappa shape index (κ3) is 11.8. The van der Waals surface area contributed by atoms with Crippen molar-refractivity contribution in [1.29, 1.82) is 0 Å². The molecule has 1 saturated heterocycles. The summed E-state index contributed by atoms with van der Waals surface area (Å²) < 4.78 is 11.1. The average molecular weight is 430 g/mol. The van der Waals surface area contributed by atoms with Gasteiger partial charge in [-0.3, -0.25) is 0 Å². The molecule has 3 unspecified atom stereocenters. The molecule has 1 aliphatic heterocycles. The monoisotopic (exact) mass is 429 g/mol. The molecule has 0 amide bonds. The van der Waals surface area contributed by atoms with Crippen LogP contribution in [0.2, 0.25) is 0 Å². The van der Waals surface area contributed by atoms with E-state index in [4.69, 9.17) is 15.2 Å². The predicted octanol–water partition coefficient (Wildman–Crippen LogP) is 3.81. The summed E-state index contributed by atoms with van der Waals surface area (Å²) >= 11 is 0. The topological polar surface area (TPSA) is 105 Å². The van der Waals surface area contributed by atoms with Gasteiger partial charge < -0.3 is 30.5 Å². The summed E-state index contributed by atoms with van der Waals surface area (Å²) in [4.78, 5) is 0. The summed E-state index contributed by atoms with van der Waals surface area (Å²) in [6.45, 7) is 2.38. The summed E-state index contributed by atoms with van der Waals surface area (Å²) in [5.41, 5.74) is 5.85. The fraction of sp³-hybridized carbons (Fsp3) is 0.917. The summed E-state index contributed by atoms with van der Waals surface area (Å²) in [7, 11) is 0. The molecule has 6 heteroatoms. The maximum Gasteiger partial charge on any atom is 0.175 e. The number of hydrogen-bond donors (Lipinski definition) is 4. The summed E-state index contributed by atoms with van der Waals surface area (Å²) in [5.74, 6) is 0. The Morgan fingerprint density at radius 1 is 0.800 bits per heavy atom. The van der Waals surface area contributed by atoms with Crippen LogP contribution in [0.5, 0.6) is 0 Å². The standard InChI is InChI=1S/C24H47NO5/c1-2-3-4-5-6-7-8-9-10-11-12-13-14-15-16-17-18-29-24-21(25)23(28)22(27)20(19-26)30-24/h9-10,20-24,26-28H,2-8,11-19,25H2,1H3/b10-9-/t20?,21?,22-,23?,24+/m0/s1. The van der Waals surface area contributed by atoms with Crippen molar-refractivity contribution in [1.82, 2.24) is 0 Å². The van der Waals surface area contributed by atoms with E-state index in [9.17, 15) is 15.3 Å². The Morgan fingerprint density at radius 3 is 1.90 bits per heavy atom. The lowest BCUT2D eigenvalue weighted by Gasteiger charge is -2.40. The molecule has 178 valence electrons. The van der Waals surface area contributed by atoms with Crippen molar-refractivity contribution in [3.8, 4) is 0 Å². The SMILES string of the molecule is CCCCCCCC/C=C\CCCCCCCCO[C@@H]1OC(CO)[C@H](O)C(O)C1N. The Kier molecular flexibility index (Phi) is 16.6. The molecule has 0 aliphatic carbocycles. The van der Waals surface area contributed by atoms with Gasteiger partial charge in [-0.05, 0) is 32.1 Å². The van der Waals surface area contributed by atoms with Gasteiger partial charge >= 0.3 is 0 Å². The van der Waals surface area contributed by atoms with E-state index in [1.54, 1.807) is 0 Å². The van der Waals surface area contributed by atoms with Crippen LogP contribution in [0.3, 0.4) is 0 Å². The average Bonchev–Trinajstić information content (AvgIpc) is 2.75. The van der Waals surface area contributed by atoms with Crippen molar-refractivity contribution in [2.75, 3.05) is 13.2 Å². The minimum atomic E-state index is -1.18. The smallest absolute Gasteiger partial charge is 0.175 e. The first-order valence-corrected chi connectivity index (χ1v) is 12.3. The van der Waals surface area contributed by atoms with Gasteiger partial charge in [-0.25, -0.2) is 0 Å². The van der Waals surface area contributed by atoms with Crippen LogP contribution in [0.15, 0.2) is 12.2 Å². The van der Waals surface area contributed by atoms with Gasteiger partial charge in [0.25, 0.3) is 0 Å². The Balaban J connectivity index is 1.90. The van der Waals surface area contributed by atoms with E-state index in [2.05, 4.69) is 19.1 Å². The van der Waals surface area contributed by atoms with Gasteiger partial charge in [0.05, 0.1) is 12.6 Å². The van der Waals surface area contributed by atoms with Crippen molar-refractivity contribution in [2.24, 2.45) is 5.73 Å². The van der Waals surface area contributed by atoms with E-state index < -0.39 is 30.6 Å². The number of aliphatic hydroxyl groups is 3. The molecule has 1 fully saturated rings. The van der Waals surface area contributed by atoms with Crippen molar-refractivity contribution in [3.05, 3.63) is 12.2 Å². The molecule has 0 aromatic carbocycles. The van der Waals surface area contributed by atoms with E-state index >= 15 is 0 Å². The lowest BCUT2D eigenvalue weighted by Crippen LogP contribution is -2.62. The number of aliphatic hydroxyl groups excluding tert-OH is 3. The van der Waals surface area contributed by atoms with Gasteiger partial charge in [-0.1, -0.05) is 76.9 Å². The summed E-state index contributed by atoms with van der Waals surface area (Å²) in [6, 6.07) is -0.808. The van der Waals surface area contributed by atoms with Gasteiger partial charge in [0.2, 0.25) is 0 Å². The van der Waals surface area contributed by atoms with Crippen LogP contribution in [-0.4, -0.2) is 59.2 Å². The first kappa shape index (κ1) is 27.5. The van der Waals surface area contributed by atoms with E-state index in [0.29, 0.717) is 6.61 Å². The molecule has 0 aromatic heterocycles. The molecule has 30 heavy (non-hydrogen) atoms. The fourth-order valence-electron chi connectivity index (χ4n) is 3.80. The quantitative estimate of drug-likeness (QED) is 0.195. The zero-order chi connectivity index (χ0) is 22.0. The molecule has 6 nitrogen and oxygen atoms in total. The highest BCUT2D eigenvalue weighted by Crippen LogP contribution is 2.21. The van der Waals surface area contributed by atoms with Crippen LogP contribution >= 0.6 is 0 Å². The predicted molar refractivity (Wildman–Crippen MR) is 121 cm³/mol. The number of nitrogens with two attached hydrogens (primary N) is 1. The number of allylic oxidation sites excluding steroid dienone is 2. The molecular formula is C24H47NO5. The number of rotatable bonds is 18. The molecule has 5 atom stereocenters. The van der Waals surface area contributed by atoms with Gasteiger partial charge in [-0.15, -0.1) is 0 Å². The second-order valence-corrected chi connectivity index (χ2v) is 8.59. The van der Waals surface area contributed by atoms with Crippen LogP contribution in [0.1, 0.15) is 96.8 Å². The van der Waals surface area contributed by atoms with Crippen molar-refractivity contribution in [3.63, 3.8) is 0 Å². The summed E-state index contributed by atoms with van der Waals surface area (Å²) in [5, 5.41) is 28.9. The molecule has 0 spiro atoms. The molecule has 1 aliphatic rings. The van der Waals surface area contributed by atoms with E-state index in [1.165, 1.54) is 77.0 Å². The molecule has 1 heterocycles. The largest absolute Gasteiger partial charge is 0.394 e. The fourth-order valence-corrected chi connectivity index (χ4v) is 3.80. The van der Waals surface area contributed by atoms with Crippen LogP contribution in [-0.2, 0) is 9.47 Å². The zero-order valence-electron chi connectivity index (χ0n) is 19.1. The first-order valence-electron chi connectivity index (χ1n) is 12.3. The van der Waals surface area contributed by atoms with Gasteiger partial charge in [-0.2, -0.15) is 0 Å². The van der Waals surface area contributed by atoms with Crippen molar-refractivity contribution in [2.45, 2.75) is 127 Å². The normalized spacial score (nSPS) is 27.2. The van der Waals surface area contributed by atoms with Gasteiger partial charge in [0.15, 0.2) is 6.29 Å². The second-order valence-electron chi connectivity index (χ2n) is 8.59. The van der Waals surface area contributed by atoms with Crippen molar-refractivity contribution >= 4 is 0 Å². The van der Waals surface area contributed by atoms with Gasteiger partial charge in [0, 0.05) is 6.61 Å². The lowest BCUT2D eigenvalue weighted by molar-refractivity contribution is -0.265. The Bertz CT molecular complexity index is 418. The molecular weight excluding hydrogens is 382 g/mol. The Hall–Kier alpha value is -0.500. The van der Waals surface area contributed by atoms with Crippen LogP contribution in [0.25, 0.3) is 0 Å². The maximum absolute atomic E-state index is 9.91. The van der Waals surface area contributed by atoms with E-state index in [1.807, 2.05) is 0 Å². The number of ether oxygens (including phenoxy) is 2. The minimum absolute atomic E-state index is 0.376. The van der Waals surface area contributed by atoms with Gasteiger partial charge in [0.1, 0.15) is 18.3 Å².